The lowest BCUT2D eigenvalue weighted by atomic mass is 9.86. The van der Waals surface area contributed by atoms with Gasteiger partial charge in [0.2, 0.25) is 5.91 Å². The molecule has 180 valence electrons. The van der Waals surface area contributed by atoms with E-state index in [1.165, 1.54) is 24.2 Å². The Balaban J connectivity index is 1.40. The normalized spacial score (nSPS) is 21.1. The molecule has 2 aromatic rings. The van der Waals surface area contributed by atoms with Gasteiger partial charge in [-0.15, -0.1) is 11.3 Å². The molecule has 2 N–H and O–H groups in total. The Kier molecular flexibility index (Phi) is 8.33. The number of aliphatic hydroxyl groups excluding tert-OH is 1. The predicted molar refractivity (Wildman–Crippen MR) is 132 cm³/mol. The molecule has 1 aliphatic carbocycles. The maximum Gasteiger partial charge on any atom is 0.227 e. The minimum Gasteiger partial charge on any atom is -0.378 e. The molecule has 1 amide bonds. The highest BCUT2D eigenvalue weighted by Gasteiger charge is 2.28. The predicted octanol–water partition coefficient (Wildman–Crippen LogP) is 4.02. The number of hydrogen-bond acceptors (Lipinski definition) is 7. The van der Waals surface area contributed by atoms with Crippen LogP contribution >= 0.6 is 11.3 Å². The molecule has 3 atom stereocenters. The first kappa shape index (κ1) is 24.4. The zero-order chi connectivity index (χ0) is 23.9. The molecule has 34 heavy (non-hydrogen) atoms. The lowest BCUT2D eigenvalue weighted by Gasteiger charge is -2.29. The SMILES string of the molecule is CCOC1CCCC[C@H]1/C=C/C(O)Nc1sc2c(c1C#N)CCN(C(=O)Cc1cccnc1)C2. The Bertz CT molecular complexity index is 1040. The number of amides is 1. The van der Waals surface area contributed by atoms with Gasteiger partial charge in [-0.25, -0.2) is 0 Å². The third-order valence-electron chi connectivity index (χ3n) is 6.55. The van der Waals surface area contributed by atoms with Gasteiger partial charge in [-0.05, 0) is 49.5 Å². The summed E-state index contributed by atoms with van der Waals surface area (Å²) in [6.07, 6.45) is 12.0. The van der Waals surface area contributed by atoms with E-state index in [0.717, 1.165) is 28.8 Å². The average Bonchev–Trinajstić information content (AvgIpc) is 3.20. The quantitative estimate of drug-likeness (QED) is 0.437. The van der Waals surface area contributed by atoms with E-state index >= 15 is 0 Å². The van der Waals surface area contributed by atoms with Crippen LogP contribution < -0.4 is 5.32 Å². The van der Waals surface area contributed by atoms with Crippen LogP contribution in [0.15, 0.2) is 36.7 Å². The number of pyridine rings is 1. The summed E-state index contributed by atoms with van der Waals surface area (Å²) in [5.74, 6) is 0.357. The van der Waals surface area contributed by atoms with Gasteiger partial charge in [-0.3, -0.25) is 9.78 Å². The Morgan fingerprint density at radius 2 is 2.32 bits per heavy atom. The molecule has 8 heteroatoms. The van der Waals surface area contributed by atoms with Crippen LogP contribution in [0.25, 0.3) is 0 Å². The van der Waals surface area contributed by atoms with E-state index in [1.807, 2.05) is 24.0 Å². The van der Waals surface area contributed by atoms with Crippen molar-refractivity contribution in [3.05, 3.63) is 58.2 Å². The van der Waals surface area contributed by atoms with Crippen LogP contribution in [0.2, 0.25) is 0 Å². The van der Waals surface area contributed by atoms with Gasteiger partial charge in [0.25, 0.3) is 0 Å². The molecule has 7 nitrogen and oxygen atoms in total. The number of carbonyl (C=O) groups is 1. The molecule has 0 spiro atoms. The maximum absolute atomic E-state index is 12.8. The zero-order valence-corrected chi connectivity index (χ0v) is 20.4. The number of nitriles is 1. The Hall–Kier alpha value is -2.73. The smallest absolute Gasteiger partial charge is 0.227 e. The van der Waals surface area contributed by atoms with E-state index in [9.17, 15) is 15.2 Å². The molecule has 1 aliphatic heterocycles. The highest BCUT2D eigenvalue weighted by atomic mass is 32.1. The summed E-state index contributed by atoms with van der Waals surface area (Å²) >= 11 is 1.45. The van der Waals surface area contributed by atoms with Crippen molar-refractivity contribution in [1.82, 2.24) is 9.88 Å². The fourth-order valence-corrected chi connectivity index (χ4v) is 6.07. The molecule has 2 unspecified atom stereocenters. The highest BCUT2D eigenvalue weighted by molar-refractivity contribution is 7.16. The molecular weight excluding hydrogens is 448 g/mol. The monoisotopic (exact) mass is 480 g/mol. The summed E-state index contributed by atoms with van der Waals surface area (Å²) in [5, 5.41) is 24.2. The summed E-state index contributed by atoms with van der Waals surface area (Å²) in [5.41, 5.74) is 2.46. The standard InChI is InChI=1S/C26H32N4O3S/c1-2-33-22-8-4-3-7-19(22)9-10-24(31)29-26-21(15-27)20-11-13-30(17-23(20)34-26)25(32)14-18-6-5-12-28-16-18/h5-6,9-10,12,16,19,22,24,29,31H,2-4,7-8,11,13-14,17H2,1H3/b10-9+/t19-,22?,24?/m0/s1. The van der Waals surface area contributed by atoms with E-state index in [-0.39, 0.29) is 12.0 Å². The Morgan fingerprint density at radius 1 is 1.47 bits per heavy atom. The largest absolute Gasteiger partial charge is 0.378 e. The number of aliphatic hydroxyl groups is 1. The molecule has 2 aliphatic rings. The van der Waals surface area contributed by atoms with Crippen LogP contribution in [0.3, 0.4) is 0 Å². The van der Waals surface area contributed by atoms with Crippen molar-refractivity contribution in [3.8, 4) is 6.07 Å². The van der Waals surface area contributed by atoms with Crippen molar-refractivity contribution < 1.29 is 14.6 Å². The molecule has 0 radical (unpaired) electrons. The van der Waals surface area contributed by atoms with Crippen LogP contribution in [0.1, 0.15) is 54.2 Å². The van der Waals surface area contributed by atoms with Crippen molar-refractivity contribution in [2.24, 2.45) is 5.92 Å². The number of rotatable bonds is 8. The second kappa shape index (κ2) is 11.6. The molecule has 2 aromatic heterocycles. The van der Waals surface area contributed by atoms with Crippen molar-refractivity contribution in [3.63, 3.8) is 0 Å². The van der Waals surface area contributed by atoms with E-state index in [4.69, 9.17) is 4.74 Å². The summed E-state index contributed by atoms with van der Waals surface area (Å²) in [6, 6.07) is 6.04. The molecular formula is C26H32N4O3S. The number of fused-ring (bicyclic) bond motifs is 1. The molecule has 3 heterocycles. The molecule has 0 saturated heterocycles. The van der Waals surface area contributed by atoms with Gasteiger partial charge in [0.1, 0.15) is 17.3 Å². The van der Waals surface area contributed by atoms with Gasteiger partial charge in [0.05, 0.1) is 24.6 Å². The molecule has 1 fully saturated rings. The van der Waals surface area contributed by atoms with Crippen LogP contribution in [-0.4, -0.2) is 46.4 Å². The number of anilines is 1. The summed E-state index contributed by atoms with van der Waals surface area (Å²) in [6.45, 7) is 3.78. The summed E-state index contributed by atoms with van der Waals surface area (Å²) < 4.78 is 5.87. The van der Waals surface area contributed by atoms with Crippen molar-refractivity contribution in [1.29, 1.82) is 5.26 Å². The van der Waals surface area contributed by atoms with E-state index in [0.29, 0.717) is 49.0 Å². The fraction of sp³-hybridized carbons (Fsp3) is 0.500. The molecule has 1 saturated carbocycles. The summed E-state index contributed by atoms with van der Waals surface area (Å²) in [7, 11) is 0. The second-order valence-electron chi connectivity index (χ2n) is 8.84. The van der Waals surface area contributed by atoms with E-state index < -0.39 is 6.23 Å². The van der Waals surface area contributed by atoms with Gasteiger partial charge in [-0.2, -0.15) is 5.26 Å². The van der Waals surface area contributed by atoms with Crippen LogP contribution in [0.4, 0.5) is 5.00 Å². The molecule has 0 bridgehead atoms. The topological polar surface area (TPSA) is 98.5 Å². The number of thiophene rings is 1. The number of ether oxygens (including phenoxy) is 1. The number of hydrogen-bond donors (Lipinski definition) is 2. The van der Waals surface area contributed by atoms with Crippen molar-refractivity contribution >= 4 is 22.2 Å². The Labute approximate surface area is 205 Å². The zero-order valence-electron chi connectivity index (χ0n) is 19.6. The minimum atomic E-state index is -0.889. The van der Waals surface area contributed by atoms with Gasteiger partial charge < -0.3 is 20.1 Å². The van der Waals surface area contributed by atoms with Crippen molar-refractivity contribution in [2.45, 2.75) is 64.3 Å². The number of carbonyl (C=O) groups excluding carboxylic acids is 1. The van der Waals surface area contributed by atoms with Crippen molar-refractivity contribution in [2.75, 3.05) is 18.5 Å². The van der Waals surface area contributed by atoms with E-state index in [2.05, 4.69) is 22.4 Å². The maximum atomic E-state index is 12.8. The van der Waals surface area contributed by atoms with Crippen LogP contribution in [-0.2, 0) is 28.9 Å². The van der Waals surface area contributed by atoms with Crippen LogP contribution in [0, 0.1) is 17.2 Å². The van der Waals surface area contributed by atoms with Crippen LogP contribution in [0.5, 0.6) is 0 Å². The first-order chi connectivity index (χ1) is 16.6. The molecule has 0 aromatic carbocycles. The number of nitrogens with one attached hydrogen (secondary N) is 1. The fourth-order valence-electron chi connectivity index (χ4n) is 4.82. The second-order valence-corrected chi connectivity index (χ2v) is 9.94. The third-order valence-corrected chi connectivity index (χ3v) is 7.70. The van der Waals surface area contributed by atoms with E-state index in [1.54, 1.807) is 18.5 Å². The average molecular weight is 481 g/mol. The Morgan fingerprint density at radius 3 is 3.09 bits per heavy atom. The van der Waals surface area contributed by atoms with Gasteiger partial charge in [0.15, 0.2) is 0 Å². The number of aromatic nitrogens is 1. The van der Waals surface area contributed by atoms with Gasteiger partial charge in [-0.1, -0.05) is 25.0 Å². The van der Waals surface area contributed by atoms with Gasteiger partial charge in [0, 0.05) is 36.3 Å². The molecule has 4 rings (SSSR count). The lowest BCUT2D eigenvalue weighted by molar-refractivity contribution is -0.131. The summed E-state index contributed by atoms with van der Waals surface area (Å²) in [4.78, 5) is 19.7. The highest BCUT2D eigenvalue weighted by Crippen LogP contribution is 2.37. The minimum absolute atomic E-state index is 0.0550. The first-order valence-corrected chi connectivity index (χ1v) is 12.9. The lowest BCUT2D eigenvalue weighted by Crippen LogP contribution is -2.36. The number of nitrogens with zero attached hydrogens (tertiary/aromatic N) is 3. The first-order valence-electron chi connectivity index (χ1n) is 12.0. The third kappa shape index (κ3) is 5.84. The van der Waals surface area contributed by atoms with Gasteiger partial charge >= 0.3 is 0 Å².